The Morgan fingerprint density at radius 2 is 2.00 bits per heavy atom. The van der Waals surface area contributed by atoms with E-state index in [9.17, 15) is 9.59 Å². The Bertz CT molecular complexity index is 1380. The minimum absolute atomic E-state index is 0.166. The highest BCUT2D eigenvalue weighted by Crippen LogP contribution is 2.28. The molecule has 9 nitrogen and oxygen atoms in total. The van der Waals surface area contributed by atoms with Gasteiger partial charge in [0.1, 0.15) is 18.0 Å². The molecule has 2 aromatic heterocycles. The molecule has 0 unspecified atom stereocenters. The molecule has 32 heavy (non-hydrogen) atoms. The molecule has 0 saturated heterocycles. The number of aryl methyl sites for hydroxylation is 1. The van der Waals surface area contributed by atoms with Gasteiger partial charge in [0, 0.05) is 18.1 Å². The highest BCUT2D eigenvalue weighted by molar-refractivity contribution is 6.32. The zero-order valence-electron chi connectivity index (χ0n) is 17.6. The van der Waals surface area contributed by atoms with Crippen LogP contribution in [0.25, 0.3) is 5.65 Å². The van der Waals surface area contributed by atoms with Crippen LogP contribution >= 0.6 is 11.6 Å². The molecule has 0 aliphatic carbocycles. The number of nitrogens with one attached hydrogen (secondary N) is 1. The quantitative estimate of drug-likeness (QED) is 0.479. The van der Waals surface area contributed by atoms with Crippen molar-refractivity contribution in [1.29, 1.82) is 0 Å². The maximum atomic E-state index is 12.7. The van der Waals surface area contributed by atoms with Crippen molar-refractivity contribution >= 4 is 28.8 Å². The van der Waals surface area contributed by atoms with Crippen molar-refractivity contribution in [3.05, 3.63) is 75.4 Å². The minimum atomic E-state index is -0.490. The number of halogens is 1. The van der Waals surface area contributed by atoms with E-state index in [1.54, 1.807) is 18.2 Å². The van der Waals surface area contributed by atoms with Crippen LogP contribution in [0.5, 0.6) is 17.4 Å². The van der Waals surface area contributed by atoms with Crippen LogP contribution in [0.4, 0.5) is 5.69 Å². The first-order chi connectivity index (χ1) is 15.4. The Hall–Kier alpha value is -3.85. The number of anilines is 1. The molecule has 2 aromatic carbocycles. The van der Waals surface area contributed by atoms with Crippen molar-refractivity contribution in [2.45, 2.75) is 20.4 Å². The highest BCUT2D eigenvalue weighted by atomic mass is 35.5. The van der Waals surface area contributed by atoms with E-state index in [1.807, 2.05) is 32.0 Å². The summed E-state index contributed by atoms with van der Waals surface area (Å²) in [5.41, 5.74) is 2.20. The number of aromatic nitrogens is 4. The molecule has 164 valence electrons. The summed E-state index contributed by atoms with van der Waals surface area (Å²) in [5, 5.41) is 7.30. The first-order valence-corrected chi connectivity index (χ1v) is 10.1. The van der Waals surface area contributed by atoms with Crippen LogP contribution in [0, 0.1) is 13.8 Å². The summed E-state index contributed by atoms with van der Waals surface area (Å²) in [6.07, 6.45) is 2.92. The monoisotopic (exact) mass is 453 g/mol. The molecule has 0 aliphatic heterocycles. The van der Waals surface area contributed by atoms with Gasteiger partial charge in [-0.05, 0) is 49.2 Å². The lowest BCUT2D eigenvalue weighted by molar-refractivity contribution is -0.117. The summed E-state index contributed by atoms with van der Waals surface area (Å²) in [5.74, 6) is 0.827. The molecule has 1 N–H and O–H groups in total. The van der Waals surface area contributed by atoms with Gasteiger partial charge in [-0.25, -0.2) is 18.9 Å². The number of amides is 1. The van der Waals surface area contributed by atoms with Crippen LogP contribution in [-0.4, -0.2) is 32.2 Å². The van der Waals surface area contributed by atoms with Gasteiger partial charge in [-0.3, -0.25) is 4.79 Å². The third kappa shape index (κ3) is 4.15. The maximum absolute atomic E-state index is 12.7. The van der Waals surface area contributed by atoms with E-state index in [4.69, 9.17) is 21.1 Å². The molecule has 0 bridgehead atoms. The molecular formula is C22H20ClN5O4. The minimum Gasteiger partial charge on any atom is -0.495 e. The second-order valence-electron chi connectivity index (χ2n) is 7.06. The van der Waals surface area contributed by atoms with E-state index in [-0.39, 0.29) is 18.1 Å². The second-order valence-corrected chi connectivity index (χ2v) is 7.47. The van der Waals surface area contributed by atoms with Crippen molar-refractivity contribution in [3.8, 4) is 17.4 Å². The summed E-state index contributed by atoms with van der Waals surface area (Å²) in [6, 6.07) is 10.5. The summed E-state index contributed by atoms with van der Waals surface area (Å²) in [6.45, 7) is 3.61. The Labute approximate surface area is 188 Å². The predicted molar refractivity (Wildman–Crippen MR) is 120 cm³/mol. The molecule has 0 saturated carbocycles. The summed E-state index contributed by atoms with van der Waals surface area (Å²) >= 11 is 6.09. The fraction of sp³-hybridized carbons (Fsp3) is 0.182. The first-order valence-electron chi connectivity index (χ1n) is 9.69. The van der Waals surface area contributed by atoms with Crippen LogP contribution in [0.3, 0.4) is 0 Å². The molecule has 1 amide bonds. The number of hydrogen-bond acceptors (Lipinski definition) is 6. The van der Waals surface area contributed by atoms with E-state index in [1.165, 1.54) is 23.9 Å². The van der Waals surface area contributed by atoms with E-state index in [0.29, 0.717) is 22.2 Å². The van der Waals surface area contributed by atoms with Crippen molar-refractivity contribution in [2.75, 3.05) is 12.4 Å². The molecule has 4 rings (SSSR count). The number of carbonyl (C=O) groups is 1. The normalized spacial score (nSPS) is 10.9. The molecule has 4 aromatic rings. The molecule has 0 radical (unpaired) electrons. The first kappa shape index (κ1) is 21.4. The molecule has 2 heterocycles. The smallest absolute Gasteiger partial charge is 0.351 e. The number of carbonyl (C=O) groups excluding carboxylic acids is 1. The van der Waals surface area contributed by atoms with E-state index in [2.05, 4.69) is 15.4 Å². The van der Waals surface area contributed by atoms with E-state index >= 15 is 0 Å². The zero-order chi connectivity index (χ0) is 22.8. The Balaban J connectivity index is 1.59. The topological polar surface area (TPSA) is 99.8 Å². The van der Waals surface area contributed by atoms with Crippen LogP contribution in [0.15, 0.2) is 53.6 Å². The lowest BCUT2D eigenvalue weighted by Crippen LogP contribution is -2.28. The van der Waals surface area contributed by atoms with Gasteiger partial charge < -0.3 is 14.8 Å². The molecule has 0 fully saturated rings. The average Bonchev–Trinajstić information content (AvgIpc) is 3.08. The highest BCUT2D eigenvalue weighted by Gasteiger charge is 2.17. The van der Waals surface area contributed by atoms with Gasteiger partial charge in [0.05, 0.1) is 12.1 Å². The Morgan fingerprint density at radius 3 is 2.75 bits per heavy atom. The van der Waals surface area contributed by atoms with Crippen molar-refractivity contribution in [3.63, 3.8) is 0 Å². The third-order valence-electron chi connectivity index (χ3n) is 4.96. The second kappa shape index (κ2) is 8.72. The van der Waals surface area contributed by atoms with E-state index < -0.39 is 11.6 Å². The lowest BCUT2D eigenvalue weighted by atomic mass is 10.1. The van der Waals surface area contributed by atoms with Gasteiger partial charge in [-0.2, -0.15) is 0 Å². The van der Waals surface area contributed by atoms with Crippen LogP contribution in [0.1, 0.15) is 11.1 Å². The Kier molecular flexibility index (Phi) is 5.83. The number of benzene rings is 2. The maximum Gasteiger partial charge on any atom is 0.351 e. The van der Waals surface area contributed by atoms with Gasteiger partial charge in [-0.15, -0.1) is 5.10 Å². The molecule has 0 spiro atoms. The number of hydrogen-bond donors (Lipinski definition) is 1. The standard InChI is InChI=1S/C22H20ClN5O4/c1-13-5-4-6-17(14(13)2)32-21-20-26-28(22(30)27(20)10-9-24-21)12-19(29)25-15-7-8-18(31-3)16(23)11-15/h4-11H,12H2,1-3H3,(H,25,29). The van der Waals surface area contributed by atoms with Gasteiger partial charge >= 0.3 is 5.69 Å². The molecular weight excluding hydrogens is 434 g/mol. The van der Waals surface area contributed by atoms with Crippen molar-refractivity contribution < 1.29 is 14.3 Å². The van der Waals surface area contributed by atoms with Crippen LogP contribution in [0.2, 0.25) is 5.02 Å². The third-order valence-corrected chi connectivity index (χ3v) is 5.26. The zero-order valence-corrected chi connectivity index (χ0v) is 18.4. The van der Waals surface area contributed by atoms with Crippen molar-refractivity contribution in [1.82, 2.24) is 19.2 Å². The summed E-state index contributed by atoms with van der Waals surface area (Å²) in [4.78, 5) is 29.5. The molecule has 10 heteroatoms. The number of fused-ring (bicyclic) bond motifs is 1. The average molecular weight is 454 g/mol. The van der Waals surface area contributed by atoms with Crippen LogP contribution < -0.4 is 20.5 Å². The SMILES string of the molecule is COc1ccc(NC(=O)Cn2nc3c(Oc4cccc(C)c4C)nccn3c2=O)cc1Cl. The summed E-state index contributed by atoms with van der Waals surface area (Å²) in [7, 11) is 1.50. The lowest BCUT2D eigenvalue weighted by Gasteiger charge is -2.09. The Morgan fingerprint density at radius 1 is 1.19 bits per heavy atom. The number of nitrogens with zero attached hydrogens (tertiary/aromatic N) is 4. The van der Waals surface area contributed by atoms with Crippen molar-refractivity contribution in [2.24, 2.45) is 0 Å². The van der Waals surface area contributed by atoms with Crippen LogP contribution in [-0.2, 0) is 11.3 Å². The van der Waals surface area contributed by atoms with Gasteiger partial charge in [0.15, 0.2) is 0 Å². The summed E-state index contributed by atoms with van der Waals surface area (Å²) < 4.78 is 13.4. The number of ether oxygens (including phenoxy) is 2. The predicted octanol–water partition coefficient (Wildman–Crippen LogP) is 3.60. The van der Waals surface area contributed by atoms with Gasteiger partial charge in [0.25, 0.3) is 5.88 Å². The largest absolute Gasteiger partial charge is 0.495 e. The number of methoxy groups -OCH3 is 1. The molecule has 0 aliphatic rings. The van der Waals surface area contributed by atoms with Gasteiger partial charge in [-0.1, -0.05) is 23.7 Å². The molecule has 0 atom stereocenters. The van der Waals surface area contributed by atoms with Gasteiger partial charge in [0.2, 0.25) is 11.6 Å². The number of rotatable bonds is 6. The van der Waals surface area contributed by atoms with E-state index in [0.717, 1.165) is 15.8 Å². The fourth-order valence-corrected chi connectivity index (χ4v) is 3.38. The fourth-order valence-electron chi connectivity index (χ4n) is 3.12.